The summed E-state index contributed by atoms with van der Waals surface area (Å²) in [5.74, 6) is 0. The number of alkyl halides is 6. The molecule has 8 aromatic rings. The van der Waals surface area contributed by atoms with Crippen molar-refractivity contribution in [1.29, 1.82) is 0 Å². The molecule has 2 aliphatic carbocycles. The minimum atomic E-state index is -5.02. The van der Waals surface area contributed by atoms with Gasteiger partial charge >= 0.3 is 12.4 Å². The van der Waals surface area contributed by atoms with Crippen molar-refractivity contribution in [3.05, 3.63) is 203 Å². The predicted molar refractivity (Wildman–Crippen MR) is 204 cm³/mol. The van der Waals surface area contributed by atoms with Crippen LogP contribution in [0, 0.1) is 0 Å². The van der Waals surface area contributed by atoms with Crippen molar-refractivity contribution in [3.63, 3.8) is 0 Å². The molecule has 0 radical (unpaired) electrons. The van der Waals surface area contributed by atoms with E-state index in [-0.39, 0.29) is 11.8 Å². The number of hydrogen-bond acceptors (Lipinski definition) is 1. The number of hydrogen-bond donors (Lipinski definition) is 0. The predicted octanol–water partition coefficient (Wildman–Crippen LogP) is 13.5. The van der Waals surface area contributed by atoms with Crippen LogP contribution in [0.25, 0.3) is 39.0 Å². The lowest BCUT2D eigenvalue weighted by Gasteiger charge is -2.30. The van der Waals surface area contributed by atoms with E-state index in [4.69, 9.17) is 0 Å². The van der Waals surface area contributed by atoms with E-state index < -0.39 is 28.9 Å². The van der Waals surface area contributed by atoms with Crippen molar-refractivity contribution in [2.45, 2.75) is 17.8 Å². The monoisotopic (exact) mass is 734 g/mol. The average molecular weight is 735 g/mol. The number of nitrogens with zero attached hydrogens (tertiary/aromatic N) is 2. The molecule has 55 heavy (non-hydrogen) atoms. The van der Waals surface area contributed by atoms with Crippen molar-refractivity contribution < 1.29 is 26.3 Å². The summed E-state index contributed by atoms with van der Waals surface area (Å²) in [6.45, 7) is 0. The molecule has 10 rings (SSSR count). The maximum absolute atomic E-state index is 14.5. The van der Waals surface area contributed by atoms with Crippen LogP contribution in [0.3, 0.4) is 0 Å². The van der Waals surface area contributed by atoms with Gasteiger partial charge < -0.3 is 9.47 Å². The van der Waals surface area contributed by atoms with Crippen LogP contribution in [0.1, 0.15) is 33.4 Å². The Balaban J connectivity index is 1.38. The summed E-state index contributed by atoms with van der Waals surface area (Å²) >= 11 is 0. The second-order valence-corrected chi connectivity index (χ2v) is 13.9. The molecule has 0 amide bonds. The minimum absolute atomic E-state index is 0.185. The zero-order valence-corrected chi connectivity index (χ0v) is 28.8. The molecule has 268 valence electrons. The van der Waals surface area contributed by atoms with Crippen LogP contribution in [0.4, 0.5) is 43.4 Å². The van der Waals surface area contributed by atoms with Crippen molar-refractivity contribution in [2.75, 3.05) is 4.90 Å². The molecule has 0 fully saturated rings. The molecule has 0 bridgehead atoms. The Labute approximate surface area is 312 Å². The van der Waals surface area contributed by atoms with Crippen LogP contribution in [0.2, 0.25) is 0 Å². The van der Waals surface area contributed by atoms with Gasteiger partial charge in [-0.05, 0) is 88.5 Å². The number of aromatic nitrogens is 1. The first kappa shape index (κ1) is 33.1. The van der Waals surface area contributed by atoms with E-state index >= 15 is 0 Å². The van der Waals surface area contributed by atoms with E-state index in [0.29, 0.717) is 16.6 Å². The molecule has 0 saturated heterocycles. The Kier molecular flexibility index (Phi) is 7.05. The minimum Gasteiger partial charge on any atom is -0.310 e. The van der Waals surface area contributed by atoms with Gasteiger partial charge in [-0.15, -0.1) is 0 Å². The van der Waals surface area contributed by atoms with Gasteiger partial charge in [-0.3, -0.25) is 0 Å². The molecule has 1 aromatic heterocycles. The Morgan fingerprint density at radius 2 is 0.891 bits per heavy atom. The lowest BCUT2D eigenvalue weighted by molar-refractivity contribution is -0.143. The number of anilines is 3. The van der Waals surface area contributed by atoms with E-state index in [9.17, 15) is 26.3 Å². The molecular weight excluding hydrogens is 707 g/mol. The van der Waals surface area contributed by atoms with Crippen molar-refractivity contribution in [3.8, 4) is 28.1 Å². The summed E-state index contributed by atoms with van der Waals surface area (Å²) in [5.41, 5.74) is 6.13. The molecule has 0 atom stereocenters. The second-order valence-electron chi connectivity index (χ2n) is 13.9. The van der Waals surface area contributed by atoms with Crippen molar-refractivity contribution in [1.82, 2.24) is 4.57 Å². The van der Waals surface area contributed by atoms with E-state index in [1.54, 1.807) is 4.57 Å². The quantitative estimate of drug-likeness (QED) is 0.164. The highest BCUT2D eigenvalue weighted by Gasteiger charge is 2.54. The Hall–Kier alpha value is -6.54. The fourth-order valence-corrected chi connectivity index (χ4v) is 8.94. The van der Waals surface area contributed by atoms with E-state index in [0.717, 1.165) is 68.1 Å². The normalized spacial score (nSPS) is 13.8. The summed E-state index contributed by atoms with van der Waals surface area (Å²) < 4.78 is 88.4. The van der Waals surface area contributed by atoms with Gasteiger partial charge in [-0.25, -0.2) is 0 Å². The third kappa shape index (κ3) is 4.77. The molecule has 0 unspecified atom stereocenters. The van der Waals surface area contributed by atoms with Crippen LogP contribution >= 0.6 is 0 Å². The molecule has 2 aliphatic rings. The van der Waals surface area contributed by atoms with Crippen molar-refractivity contribution >= 4 is 28.0 Å². The molecule has 8 heteroatoms. The molecule has 2 nitrogen and oxygen atoms in total. The Bertz CT molecular complexity index is 2680. The van der Waals surface area contributed by atoms with Gasteiger partial charge in [0.2, 0.25) is 0 Å². The van der Waals surface area contributed by atoms with Crippen molar-refractivity contribution in [2.24, 2.45) is 0 Å². The second kappa shape index (κ2) is 11.7. The number of benzene rings is 7. The molecule has 0 N–H and O–H groups in total. The van der Waals surface area contributed by atoms with E-state index in [1.165, 1.54) is 0 Å². The number of fused-ring (bicyclic) bond motifs is 12. The highest BCUT2D eigenvalue weighted by Crippen LogP contribution is 2.65. The topological polar surface area (TPSA) is 8.17 Å². The Morgan fingerprint density at radius 1 is 0.436 bits per heavy atom. The number of halogens is 6. The van der Waals surface area contributed by atoms with E-state index in [1.807, 2.05) is 127 Å². The summed E-state index contributed by atoms with van der Waals surface area (Å²) in [7, 11) is 0. The lowest BCUT2D eigenvalue weighted by atomic mass is 9.70. The summed E-state index contributed by atoms with van der Waals surface area (Å²) in [6.07, 6.45) is -10.0. The van der Waals surface area contributed by atoms with Gasteiger partial charge in [-0.1, -0.05) is 109 Å². The summed E-state index contributed by atoms with van der Waals surface area (Å²) in [5, 5.41) is 0.707. The highest BCUT2D eigenvalue weighted by molar-refractivity contribution is 6.06. The highest BCUT2D eigenvalue weighted by atomic mass is 19.4. The van der Waals surface area contributed by atoms with Crippen LogP contribution in [-0.4, -0.2) is 4.57 Å². The van der Waals surface area contributed by atoms with Gasteiger partial charge in [0.25, 0.3) is 0 Å². The zero-order valence-electron chi connectivity index (χ0n) is 28.8. The Morgan fingerprint density at radius 3 is 1.40 bits per heavy atom. The van der Waals surface area contributed by atoms with Gasteiger partial charge in [0, 0.05) is 39.3 Å². The fourth-order valence-electron chi connectivity index (χ4n) is 8.94. The first-order valence-corrected chi connectivity index (χ1v) is 17.7. The molecule has 0 aliphatic heterocycles. The first-order valence-electron chi connectivity index (χ1n) is 17.7. The van der Waals surface area contributed by atoms with Crippen LogP contribution in [0.5, 0.6) is 0 Å². The smallest absolute Gasteiger partial charge is 0.310 e. The number of rotatable bonds is 4. The van der Waals surface area contributed by atoms with E-state index in [2.05, 4.69) is 29.2 Å². The third-order valence-electron chi connectivity index (χ3n) is 11.0. The average Bonchev–Trinajstić information content (AvgIpc) is 3.80. The van der Waals surface area contributed by atoms with Crippen LogP contribution < -0.4 is 4.90 Å². The van der Waals surface area contributed by atoms with Crippen LogP contribution in [-0.2, 0) is 17.8 Å². The van der Waals surface area contributed by atoms with Gasteiger partial charge in [0.05, 0.1) is 27.8 Å². The summed E-state index contributed by atoms with van der Waals surface area (Å²) in [6, 6.07) is 51.2. The first-order chi connectivity index (χ1) is 26.6. The van der Waals surface area contributed by atoms with Gasteiger partial charge in [0.15, 0.2) is 0 Å². The lowest BCUT2D eigenvalue weighted by Crippen LogP contribution is -2.25. The fraction of sp³-hybridized carbons (Fsp3) is 0.0638. The molecule has 7 aromatic carbocycles. The molecule has 1 heterocycles. The van der Waals surface area contributed by atoms with Gasteiger partial charge in [-0.2, -0.15) is 26.3 Å². The SMILES string of the molecule is FC(F)(F)c1cc(-n2c3c(c4cc(N(c5ccccc5)c5ccccc5)ccc42)C2(c4ccccc4-c4ccccc42)c2ccccc2-3)cc(C(F)(F)F)c1. The maximum Gasteiger partial charge on any atom is 0.416 e. The third-order valence-corrected chi connectivity index (χ3v) is 11.0. The number of para-hydroxylation sites is 2. The molecule has 1 spiro atoms. The van der Waals surface area contributed by atoms with Gasteiger partial charge in [0.1, 0.15) is 0 Å². The largest absolute Gasteiger partial charge is 0.416 e. The molecular formula is C47H28F6N2. The van der Waals surface area contributed by atoms with Crippen LogP contribution in [0.15, 0.2) is 170 Å². The summed E-state index contributed by atoms with van der Waals surface area (Å²) in [4.78, 5) is 2.10. The standard InChI is InChI=1S/C47H28F6N2/c48-46(49,50)29-25-30(47(51,52)53)27-34(26-29)55-42-24-23-33(54(31-13-3-1-4-14-31)32-15-5-2-6-16-32)28-38(42)43-44(55)37-19-9-12-22-41(37)45(43)39-20-10-7-17-35(39)36-18-8-11-21-40(36)45/h1-28H. The zero-order chi connectivity index (χ0) is 37.7. The maximum atomic E-state index is 14.5. The molecule has 0 saturated carbocycles.